The molecule has 1 aliphatic heterocycles. The Morgan fingerprint density at radius 2 is 2.00 bits per heavy atom. The lowest BCUT2D eigenvalue weighted by Crippen LogP contribution is -2.34. The van der Waals surface area contributed by atoms with Gasteiger partial charge in [-0.1, -0.05) is 12.1 Å². The van der Waals surface area contributed by atoms with Crippen molar-refractivity contribution in [1.29, 1.82) is 0 Å². The molecule has 2 aromatic rings. The highest BCUT2D eigenvalue weighted by Gasteiger charge is 2.30. The molecule has 0 radical (unpaired) electrons. The second kappa shape index (κ2) is 7.70. The van der Waals surface area contributed by atoms with Crippen LogP contribution in [0.4, 0.5) is 10.1 Å². The molecule has 0 aromatic heterocycles. The Kier molecular flexibility index (Phi) is 5.38. The Hall–Kier alpha value is -2.34. The van der Waals surface area contributed by atoms with Crippen LogP contribution in [0.2, 0.25) is 0 Å². The van der Waals surface area contributed by atoms with Crippen molar-refractivity contribution >= 4 is 23.0 Å². The maximum atomic E-state index is 13.9. The second-order valence-corrected chi connectivity index (χ2v) is 6.26. The van der Waals surface area contributed by atoms with Crippen molar-refractivity contribution in [2.24, 2.45) is 0 Å². The molecule has 1 fully saturated rings. The number of para-hydroxylation sites is 1. The fourth-order valence-corrected chi connectivity index (χ4v) is 3.51. The lowest BCUT2D eigenvalue weighted by Gasteiger charge is -2.29. The Balaban J connectivity index is 1.85. The zero-order valence-electron chi connectivity index (χ0n) is 14.3. The average Bonchev–Trinajstić information content (AvgIpc) is 3.12. The molecule has 0 amide bonds. The second-order valence-electron chi connectivity index (χ2n) is 5.87. The van der Waals surface area contributed by atoms with Crippen molar-refractivity contribution < 1.29 is 13.9 Å². The first-order valence-corrected chi connectivity index (χ1v) is 8.59. The van der Waals surface area contributed by atoms with E-state index in [4.69, 9.17) is 21.7 Å². The van der Waals surface area contributed by atoms with Gasteiger partial charge in [-0.15, -0.1) is 0 Å². The highest BCUT2D eigenvalue weighted by Crippen LogP contribution is 2.39. The number of rotatable bonds is 4. The van der Waals surface area contributed by atoms with Gasteiger partial charge in [0, 0.05) is 12.1 Å². The van der Waals surface area contributed by atoms with E-state index in [1.807, 2.05) is 18.2 Å². The number of anilines is 1. The van der Waals surface area contributed by atoms with Crippen LogP contribution in [-0.4, -0.2) is 30.8 Å². The summed E-state index contributed by atoms with van der Waals surface area (Å²) < 4.78 is 24.8. The summed E-state index contributed by atoms with van der Waals surface area (Å²) in [6.45, 7) is 0.811. The third kappa shape index (κ3) is 3.69. The van der Waals surface area contributed by atoms with E-state index in [0.717, 1.165) is 36.4 Å². The van der Waals surface area contributed by atoms with E-state index >= 15 is 0 Å². The van der Waals surface area contributed by atoms with Gasteiger partial charge in [-0.2, -0.15) is 0 Å². The lowest BCUT2D eigenvalue weighted by molar-refractivity contribution is 0.362. The Morgan fingerprint density at radius 3 is 2.72 bits per heavy atom. The molecule has 3 rings (SSSR count). The molecule has 1 saturated heterocycles. The molecule has 0 saturated carbocycles. The van der Waals surface area contributed by atoms with Gasteiger partial charge < -0.3 is 19.7 Å². The summed E-state index contributed by atoms with van der Waals surface area (Å²) in [6, 6.07) is 12.3. The summed E-state index contributed by atoms with van der Waals surface area (Å²) in [5, 5.41) is 3.54. The van der Waals surface area contributed by atoms with Gasteiger partial charge in [-0.25, -0.2) is 4.39 Å². The molecule has 1 N–H and O–H groups in total. The van der Waals surface area contributed by atoms with Crippen molar-refractivity contribution in [2.45, 2.75) is 18.9 Å². The fourth-order valence-electron chi connectivity index (χ4n) is 3.18. The quantitative estimate of drug-likeness (QED) is 0.819. The minimum absolute atomic E-state index is 0.0665. The molecule has 0 aliphatic carbocycles. The molecule has 6 heteroatoms. The lowest BCUT2D eigenvalue weighted by atomic mass is 10.0. The molecule has 0 unspecified atom stereocenters. The van der Waals surface area contributed by atoms with E-state index in [1.165, 1.54) is 6.07 Å². The standard InChI is InChI=1S/C19H21FN2O2S/c1-23-13-9-10-18(24-2)14(12-13)17-8-5-11-22(17)19(25)21-16-7-4-3-6-15(16)20/h3-4,6-7,9-10,12,17H,5,8,11H2,1-2H3,(H,21,25)/t17-/m0/s1. The maximum Gasteiger partial charge on any atom is 0.174 e. The van der Waals surface area contributed by atoms with E-state index < -0.39 is 0 Å². The van der Waals surface area contributed by atoms with Crippen LogP contribution in [0, 0.1) is 5.82 Å². The van der Waals surface area contributed by atoms with Crippen LogP contribution in [0.15, 0.2) is 42.5 Å². The third-order valence-corrected chi connectivity index (χ3v) is 4.76. The van der Waals surface area contributed by atoms with Crippen LogP contribution in [0.1, 0.15) is 24.4 Å². The summed E-state index contributed by atoms with van der Waals surface area (Å²) in [5.74, 6) is 1.25. The molecular formula is C19H21FN2O2S. The molecular weight excluding hydrogens is 339 g/mol. The first-order chi connectivity index (χ1) is 12.1. The summed E-state index contributed by atoms with van der Waals surface area (Å²) in [5.41, 5.74) is 1.41. The van der Waals surface area contributed by atoms with Crippen LogP contribution in [-0.2, 0) is 0 Å². The molecule has 1 atom stereocenters. The van der Waals surface area contributed by atoms with Gasteiger partial charge >= 0.3 is 0 Å². The number of ether oxygens (including phenoxy) is 2. The summed E-state index contributed by atoms with van der Waals surface area (Å²) in [6.07, 6.45) is 1.95. The van der Waals surface area contributed by atoms with Crippen LogP contribution in [0.3, 0.4) is 0 Å². The molecule has 0 spiro atoms. The zero-order chi connectivity index (χ0) is 17.8. The largest absolute Gasteiger partial charge is 0.497 e. The van der Waals surface area contributed by atoms with E-state index in [-0.39, 0.29) is 11.9 Å². The van der Waals surface area contributed by atoms with E-state index in [0.29, 0.717) is 10.8 Å². The number of halogens is 1. The Morgan fingerprint density at radius 1 is 1.20 bits per heavy atom. The molecule has 0 bridgehead atoms. The maximum absolute atomic E-state index is 13.9. The van der Waals surface area contributed by atoms with E-state index in [1.54, 1.807) is 32.4 Å². The van der Waals surface area contributed by atoms with Crippen molar-refractivity contribution in [1.82, 2.24) is 4.90 Å². The summed E-state index contributed by atoms with van der Waals surface area (Å²) in [4.78, 5) is 2.08. The topological polar surface area (TPSA) is 33.7 Å². The number of hydrogen-bond acceptors (Lipinski definition) is 3. The van der Waals surface area contributed by atoms with Crippen molar-refractivity contribution in [3.63, 3.8) is 0 Å². The smallest absolute Gasteiger partial charge is 0.174 e. The van der Waals surface area contributed by atoms with Gasteiger partial charge in [0.1, 0.15) is 17.3 Å². The first kappa shape index (κ1) is 17.5. The predicted octanol–water partition coefficient (Wildman–Crippen LogP) is 4.38. The molecule has 25 heavy (non-hydrogen) atoms. The highest BCUT2D eigenvalue weighted by molar-refractivity contribution is 7.80. The van der Waals surface area contributed by atoms with Crippen LogP contribution >= 0.6 is 12.2 Å². The van der Waals surface area contributed by atoms with Crippen molar-refractivity contribution in [3.8, 4) is 11.5 Å². The van der Waals surface area contributed by atoms with Gasteiger partial charge in [0.25, 0.3) is 0 Å². The number of benzene rings is 2. The number of nitrogens with zero attached hydrogens (tertiary/aromatic N) is 1. The van der Waals surface area contributed by atoms with Gasteiger partial charge in [0.05, 0.1) is 25.9 Å². The summed E-state index contributed by atoms with van der Waals surface area (Å²) >= 11 is 5.55. The third-order valence-electron chi connectivity index (χ3n) is 4.42. The molecule has 1 heterocycles. The number of likely N-dealkylation sites (tertiary alicyclic amines) is 1. The molecule has 1 aliphatic rings. The predicted molar refractivity (Wildman–Crippen MR) is 101 cm³/mol. The molecule has 132 valence electrons. The fraction of sp³-hybridized carbons (Fsp3) is 0.316. The van der Waals surface area contributed by atoms with Crippen LogP contribution in [0.25, 0.3) is 0 Å². The molecule has 4 nitrogen and oxygen atoms in total. The van der Waals surface area contributed by atoms with Crippen molar-refractivity contribution in [2.75, 3.05) is 26.1 Å². The monoisotopic (exact) mass is 360 g/mol. The Labute approximate surface area is 152 Å². The minimum atomic E-state index is -0.320. The van der Waals surface area contributed by atoms with Crippen LogP contribution < -0.4 is 14.8 Å². The normalized spacial score (nSPS) is 16.6. The SMILES string of the molecule is COc1ccc(OC)c([C@@H]2CCCN2C(=S)Nc2ccccc2F)c1. The number of hydrogen-bond donors (Lipinski definition) is 1. The van der Waals surface area contributed by atoms with Gasteiger partial charge in [-0.05, 0) is 55.4 Å². The minimum Gasteiger partial charge on any atom is -0.497 e. The highest BCUT2D eigenvalue weighted by atomic mass is 32.1. The Bertz CT molecular complexity index is 769. The zero-order valence-corrected chi connectivity index (χ0v) is 15.1. The number of thiocarbonyl (C=S) groups is 1. The average molecular weight is 360 g/mol. The summed E-state index contributed by atoms with van der Waals surface area (Å²) in [7, 11) is 3.29. The van der Waals surface area contributed by atoms with Gasteiger partial charge in [-0.3, -0.25) is 0 Å². The van der Waals surface area contributed by atoms with Crippen molar-refractivity contribution in [3.05, 3.63) is 53.8 Å². The first-order valence-electron chi connectivity index (χ1n) is 8.18. The van der Waals surface area contributed by atoms with Gasteiger partial charge in [0.15, 0.2) is 5.11 Å². The van der Waals surface area contributed by atoms with Gasteiger partial charge in [0.2, 0.25) is 0 Å². The van der Waals surface area contributed by atoms with Crippen LogP contribution in [0.5, 0.6) is 11.5 Å². The number of methoxy groups -OCH3 is 2. The molecule has 2 aromatic carbocycles. The number of nitrogens with one attached hydrogen (secondary N) is 1. The van der Waals surface area contributed by atoms with E-state index in [2.05, 4.69) is 10.2 Å². The van der Waals surface area contributed by atoms with E-state index in [9.17, 15) is 4.39 Å².